The minimum atomic E-state index is -0.551. The first kappa shape index (κ1) is 18.3. The van der Waals surface area contributed by atoms with Gasteiger partial charge in [0, 0.05) is 56.6 Å². The highest BCUT2D eigenvalue weighted by atomic mass is 19.1. The van der Waals surface area contributed by atoms with Crippen LogP contribution in [-0.4, -0.2) is 41.3 Å². The van der Waals surface area contributed by atoms with Crippen molar-refractivity contribution in [2.75, 3.05) is 13.7 Å². The summed E-state index contributed by atoms with van der Waals surface area (Å²) < 4.78 is 39.4. The second-order valence-corrected chi connectivity index (χ2v) is 7.42. The minimum Gasteiger partial charge on any atom is -0.474 e. The number of likely N-dealkylation sites (tertiary alicyclic amines) is 1. The maximum Gasteiger partial charge on any atom is 0.213 e. The van der Waals surface area contributed by atoms with E-state index in [1.807, 2.05) is 18.2 Å². The van der Waals surface area contributed by atoms with E-state index in [2.05, 4.69) is 9.88 Å². The number of methoxy groups -OCH3 is 1. The summed E-state index contributed by atoms with van der Waals surface area (Å²) >= 11 is 0. The van der Waals surface area contributed by atoms with Crippen molar-refractivity contribution in [1.82, 2.24) is 9.88 Å². The summed E-state index contributed by atoms with van der Waals surface area (Å²) in [5.74, 6) is -0.422. The number of fused-ring (bicyclic) bond motifs is 1. The van der Waals surface area contributed by atoms with E-state index in [9.17, 15) is 8.78 Å². The molecular formula is C21H24F2N2O2. The van der Waals surface area contributed by atoms with Crippen molar-refractivity contribution in [3.63, 3.8) is 0 Å². The van der Waals surface area contributed by atoms with Crippen molar-refractivity contribution < 1.29 is 18.3 Å². The van der Waals surface area contributed by atoms with Crippen molar-refractivity contribution in [1.29, 1.82) is 0 Å². The van der Waals surface area contributed by atoms with Crippen LogP contribution in [-0.2, 0) is 11.3 Å². The van der Waals surface area contributed by atoms with Gasteiger partial charge in [-0.1, -0.05) is 12.1 Å². The van der Waals surface area contributed by atoms with Crippen LogP contribution >= 0.6 is 0 Å². The van der Waals surface area contributed by atoms with Gasteiger partial charge in [-0.3, -0.25) is 4.90 Å². The zero-order valence-electron chi connectivity index (χ0n) is 15.4. The Morgan fingerprint density at radius 3 is 2.85 bits per heavy atom. The molecule has 1 aromatic heterocycles. The van der Waals surface area contributed by atoms with Gasteiger partial charge in [0.15, 0.2) is 0 Å². The van der Waals surface area contributed by atoms with Crippen LogP contribution in [0.4, 0.5) is 8.78 Å². The highest BCUT2D eigenvalue weighted by Gasteiger charge is 2.51. The molecule has 6 heteroatoms. The average molecular weight is 374 g/mol. The molecule has 1 aliphatic carbocycles. The Morgan fingerprint density at radius 1 is 1.22 bits per heavy atom. The molecule has 0 radical (unpaired) electrons. The first-order valence-electron chi connectivity index (χ1n) is 9.40. The van der Waals surface area contributed by atoms with E-state index in [1.165, 1.54) is 12.1 Å². The Kier molecular flexibility index (Phi) is 5.10. The van der Waals surface area contributed by atoms with E-state index in [0.717, 1.165) is 38.3 Å². The summed E-state index contributed by atoms with van der Waals surface area (Å²) in [6.45, 7) is 1.27. The number of rotatable bonds is 5. The molecule has 0 amide bonds. The van der Waals surface area contributed by atoms with Crippen LogP contribution in [0.15, 0.2) is 42.6 Å². The molecule has 1 saturated heterocycles. The van der Waals surface area contributed by atoms with Crippen LogP contribution in [0.1, 0.15) is 31.2 Å². The molecular weight excluding hydrogens is 350 g/mol. The molecule has 1 aromatic carbocycles. The fourth-order valence-electron chi connectivity index (χ4n) is 4.51. The van der Waals surface area contributed by atoms with Gasteiger partial charge < -0.3 is 9.47 Å². The Bertz CT molecular complexity index is 789. The molecule has 2 fully saturated rings. The van der Waals surface area contributed by atoms with Crippen LogP contribution < -0.4 is 4.74 Å². The topological polar surface area (TPSA) is 34.6 Å². The molecule has 4 nitrogen and oxygen atoms in total. The van der Waals surface area contributed by atoms with Gasteiger partial charge in [0.2, 0.25) is 5.88 Å². The van der Waals surface area contributed by atoms with E-state index in [1.54, 1.807) is 13.3 Å². The lowest BCUT2D eigenvalue weighted by Gasteiger charge is -2.43. The number of ether oxygens (including phenoxy) is 2. The van der Waals surface area contributed by atoms with Crippen molar-refractivity contribution >= 4 is 0 Å². The van der Waals surface area contributed by atoms with E-state index in [0.29, 0.717) is 18.0 Å². The van der Waals surface area contributed by atoms with Crippen LogP contribution in [0.2, 0.25) is 0 Å². The third-order valence-electron chi connectivity index (χ3n) is 5.97. The predicted molar refractivity (Wildman–Crippen MR) is 97.4 cm³/mol. The highest BCUT2D eigenvalue weighted by molar-refractivity contribution is 5.20. The molecule has 3 atom stereocenters. The molecule has 1 saturated carbocycles. The Hall–Kier alpha value is -2.05. The molecule has 2 heterocycles. The molecule has 2 aliphatic rings. The summed E-state index contributed by atoms with van der Waals surface area (Å²) in [4.78, 5) is 6.49. The monoisotopic (exact) mass is 374 g/mol. The summed E-state index contributed by atoms with van der Waals surface area (Å²) in [7, 11) is 1.76. The third-order valence-corrected chi connectivity index (χ3v) is 5.97. The number of halogens is 2. The smallest absolute Gasteiger partial charge is 0.213 e. The maximum atomic E-state index is 14.1. The van der Waals surface area contributed by atoms with Gasteiger partial charge in [-0.15, -0.1) is 0 Å². The Morgan fingerprint density at radius 2 is 2.11 bits per heavy atom. The van der Waals surface area contributed by atoms with E-state index in [4.69, 9.17) is 9.47 Å². The van der Waals surface area contributed by atoms with Gasteiger partial charge >= 0.3 is 0 Å². The predicted octanol–water partition coefficient (Wildman–Crippen LogP) is 3.95. The summed E-state index contributed by atoms with van der Waals surface area (Å²) in [6.07, 6.45) is 5.28. The number of hydrogen-bond donors (Lipinski definition) is 0. The normalized spacial score (nSPS) is 28.1. The van der Waals surface area contributed by atoms with Crippen molar-refractivity contribution in [3.05, 3.63) is 59.8 Å². The van der Waals surface area contributed by atoms with Crippen molar-refractivity contribution in [2.45, 2.75) is 50.0 Å². The van der Waals surface area contributed by atoms with Gasteiger partial charge in [-0.05, 0) is 31.4 Å². The van der Waals surface area contributed by atoms with Crippen LogP contribution in [0.3, 0.4) is 0 Å². The molecule has 0 bridgehead atoms. The summed E-state index contributed by atoms with van der Waals surface area (Å²) in [5, 5.41) is 0. The lowest BCUT2D eigenvalue weighted by Crippen LogP contribution is -2.52. The number of nitrogens with zero attached hydrogens (tertiary/aromatic N) is 2. The quantitative estimate of drug-likeness (QED) is 0.794. The minimum absolute atomic E-state index is 0.0480. The summed E-state index contributed by atoms with van der Waals surface area (Å²) in [6, 6.07) is 9.55. The fourth-order valence-corrected chi connectivity index (χ4v) is 4.51. The molecule has 0 unspecified atom stereocenters. The third kappa shape index (κ3) is 3.69. The van der Waals surface area contributed by atoms with Gasteiger partial charge in [-0.2, -0.15) is 0 Å². The van der Waals surface area contributed by atoms with Gasteiger partial charge in [0.25, 0.3) is 0 Å². The zero-order valence-corrected chi connectivity index (χ0v) is 15.4. The van der Waals surface area contributed by atoms with Gasteiger partial charge in [-0.25, -0.2) is 13.8 Å². The van der Waals surface area contributed by atoms with Crippen molar-refractivity contribution in [3.8, 4) is 5.88 Å². The first-order chi connectivity index (χ1) is 13.1. The SMILES string of the molecule is CO[C@@]12CC[C@@H](Oc3ccccn3)C[C@@H]1N(Cc1ccc(F)cc1F)CC2. The first-order valence-corrected chi connectivity index (χ1v) is 9.40. The molecule has 27 heavy (non-hydrogen) atoms. The van der Waals surface area contributed by atoms with Crippen LogP contribution in [0.25, 0.3) is 0 Å². The number of hydrogen-bond acceptors (Lipinski definition) is 4. The number of pyridine rings is 1. The zero-order chi connectivity index (χ0) is 18.9. The van der Waals surface area contributed by atoms with Crippen LogP contribution in [0.5, 0.6) is 5.88 Å². The number of benzene rings is 1. The van der Waals surface area contributed by atoms with Gasteiger partial charge in [0.1, 0.15) is 17.7 Å². The van der Waals surface area contributed by atoms with E-state index >= 15 is 0 Å². The average Bonchev–Trinajstić information content (AvgIpc) is 3.03. The highest BCUT2D eigenvalue weighted by Crippen LogP contribution is 2.43. The van der Waals surface area contributed by atoms with Crippen LogP contribution in [0, 0.1) is 11.6 Å². The van der Waals surface area contributed by atoms with E-state index < -0.39 is 11.6 Å². The Labute approximate surface area is 158 Å². The maximum absolute atomic E-state index is 14.1. The number of aromatic nitrogens is 1. The fraction of sp³-hybridized carbons (Fsp3) is 0.476. The molecule has 2 aromatic rings. The lowest BCUT2D eigenvalue weighted by atomic mass is 9.79. The Balaban J connectivity index is 1.50. The lowest BCUT2D eigenvalue weighted by molar-refractivity contribution is -0.0844. The summed E-state index contributed by atoms with van der Waals surface area (Å²) in [5.41, 5.74) is 0.289. The largest absolute Gasteiger partial charge is 0.474 e. The second-order valence-electron chi connectivity index (χ2n) is 7.42. The molecule has 144 valence electrons. The van der Waals surface area contributed by atoms with Gasteiger partial charge in [0.05, 0.1) is 5.60 Å². The molecule has 0 spiro atoms. The van der Waals surface area contributed by atoms with Crippen molar-refractivity contribution in [2.24, 2.45) is 0 Å². The molecule has 0 N–H and O–H groups in total. The standard InChI is InChI=1S/C21H24F2N2O2/c1-26-21-8-7-17(27-20-4-2-3-10-24-20)13-19(21)25(11-9-21)14-15-5-6-16(22)12-18(15)23/h2-6,10,12,17,19H,7-9,11,13-14H2,1H3/t17-,19+,21-/m1/s1. The second kappa shape index (κ2) is 7.52. The van der Waals surface area contributed by atoms with E-state index in [-0.39, 0.29) is 17.7 Å². The molecule has 1 aliphatic heterocycles. The molecule has 4 rings (SSSR count).